The Labute approximate surface area is 145 Å². The zero-order chi connectivity index (χ0) is 16.8. The van der Waals surface area contributed by atoms with Crippen LogP contribution in [0.25, 0.3) is 10.4 Å². The van der Waals surface area contributed by atoms with Crippen molar-refractivity contribution in [3.05, 3.63) is 60.3 Å². The number of ether oxygens (including phenoxy) is 3. The molecule has 0 spiro atoms. The second kappa shape index (κ2) is 7.84. The number of aromatic nitrogens is 1. The fourth-order valence-electron chi connectivity index (χ4n) is 2.29. The van der Waals surface area contributed by atoms with Gasteiger partial charge in [0.15, 0.2) is 0 Å². The van der Waals surface area contributed by atoms with Gasteiger partial charge in [-0.3, -0.25) is 0 Å². The van der Waals surface area contributed by atoms with E-state index >= 15 is 0 Å². The van der Waals surface area contributed by atoms with Crippen LogP contribution in [0.1, 0.15) is 12.5 Å². The summed E-state index contributed by atoms with van der Waals surface area (Å²) in [4.78, 5) is 5.22. The molecule has 0 unspecified atom stereocenters. The van der Waals surface area contributed by atoms with Crippen LogP contribution >= 0.6 is 11.3 Å². The Kier molecular flexibility index (Phi) is 5.33. The van der Waals surface area contributed by atoms with Gasteiger partial charge < -0.3 is 14.2 Å². The third kappa shape index (κ3) is 3.86. The Bertz CT molecular complexity index is 786. The van der Waals surface area contributed by atoms with Crippen molar-refractivity contribution in [1.82, 2.24) is 4.98 Å². The second-order valence-electron chi connectivity index (χ2n) is 5.06. The van der Waals surface area contributed by atoms with Crippen LogP contribution in [0.15, 0.2) is 54.7 Å². The molecule has 0 saturated carbocycles. The van der Waals surface area contributed by atoms with Gasteiger partial charge in [0.2, 0.25) is 0 Å². The van der Waals surface area contributed by atoms with Crippen molar-refractivity contribution in [2.24, 2.45) is 0 Å². The first kappa shape index (κ1) is 16.3. The number of nitrogens with zero attached hydrogens (tertiary/aromatic N) is 1. The van der Waals surface area contributed by atoms with Crippen LogP contribution in [0.3, 0.4) is 0 Å². The lowest BCUT2D eigenvalue weighted by Gasteiger charge is -2.12. The number of benzene rings is 2. The van der Waals surface area contributed by atoms with E-state index < -0.39 is 0 Å². The maximum absolute atomic E-state index is 5.92. The Hall–Kier alpha value is -2.53. The summed E-state index contributed by atoms with van der Waals surface area (Å²) in [5, 5.41) is 0.628. The number of methoxy groups -OCH3 is 1. The molecule has 0 aliphatic heterocycles. The SMILES string of the molecule is CCOc1ccc(OCc2ccccc2)cc1-c1cnc(OC)s1. The van der Waals surface area contributed by atoms with Crippen LogP contribution in [0.5, 0.6) is 16.7 Å². The maximum atomic E-state index is 5.92. The van der Waals surface area contributed by atoms with Gasteiger partial charge in [0.25, 0.3) is 5.19 Å². The molecule has 0 aliphatic carbocycles. The Morgan fingerprint density at radius 1 is 1.04 bits per heavy atom. The van der Waals surface area contributed by atoms with E-state index in [1.54, 1.807) is 13.3 Å². The van der Waals surface area contributed by atoms with Crippen molar-refractivity contribution in [3.63, 3.8) is 0 Å². The molecule has 1 heterocycles. The van der Waals surface area contributed by atoms with Crippen molar-refractivity contribution in [3.8, 4) is 27.1 Å². The lowest BCUT2D eigenvalue weighted by atomic mass is 10.1. The number of hydrogen-bond acceptors (Lipinski definition) is 5. The lowest BCUT2D eigenvalue weighted by Crippen LogP contribution is -1.97. The zero-order valence-corrected chi connectivity index (χ0v) is 14.5. The molecule has 0 bridgehead atoms. The fourth-order valence-corrected chi connectivity index (χ4v) is 3.04. The number of hydrogen-bond donors (Lipinski definition) is 0. The molecule has 3 rings (SSSR count). The molecule has 0 radical (unpaired) electrons. The van der Waals surface area contributed by atoms with Gasteiger partial charge in [0.1, 0.15) is 18.1 Å². The van der Waals surface area contributed by atoms with E-state index in [1.807, 2.05) is 55.5 Å². The molecular formula is C19H19NO3S. The summed E-state index contributed by atoms with van der Waals surface area (Å²) in [5.41, 5.74) is 2.09. The van der Waals surface area contributed by atoms with Gasteiger partial charge in [-0.15, -0.1) is 0 Å². The quantitative estimate of drug-likeness (QED) is 0.619. The molecule has 5 heteroatoms. The summed E-state index contributed by atoms with van der Waals surface area (Å²) < 4.78 is 16.8. The Morgan fingerprint density at radius 2 is 1.88 bits per heavy atom. The fraction of sp³-hybridized carbons (Fsp3) is 0.211. The molecule has 2 aromatic carbocycles. The first-order chi connectivity index (χ1) is 11.8. The number of rotatable bonds is 7. The van der Waals surface area contributed by atoms with Crippen LogP contribution in [-0.2, 0) is 6.61 Å². The highest BCUT2D eigenvalue weighted by Crippen LogP contribution is 2.38. The summed E-state index contributed by atoms with van der Waals surface area (Å²) in [6.07, 6.45) is 1.79. The van der Waals surface area contributed by atoms with Crippen molar-refractivity contribution < 1.29 is 14.2 Å². The topological polar surface area (TPSA) is 40.6 Å². The summed E-state index contributed by atoms with van der Waals surface area (Å²) in [6, 6.07) is 15.9. The van der Waals surface area contributed by atoms with Crippen molar-refractivity contribution >= 4 is 11.3 Å². The minimum absolute atomic E-state index is 0.528. The molecule has 0 amide bonds. The van der Waals surface area contributed by atoms with E-state index in [0.717, 1.165) is 27.5 Å². The first-order valence-corrected chi connectivity index (χ1v) is 8.55. The minimum Gasteiger partial charge on any atom is -0.493 e. The third-order valence-electron chi connectivity index (χ3n) is 3.42. The van der Waals surface area contributed by atoms with Crippen molar-refractivity contribution in [2.45, 2.75) is 13.5 Å². The third-order valence-corrected chi connectivity index (χ3v) is 4.42. The van der Waals surface area contributed by atoms with Crippen LogP contribution in [0.2, 0.25) is 0 Å². The minimum atomic E-state index is 0.528. The maximum Gasteiger partial charge on any atom is 0.273 e. The van der Waals surface area contributed by atoms with E-state index in [4.69, 9.17) is 14.2 Å². The Morgan fingerprint density at radius 3 is 2.58 bits per heavy atom. The van der Waals surface area contributed by atoms with Gasteiger partial charge in [0, 0.05) is 11.8 Å². The summed E-state index contributed by atoms with van der Waals surface area (Å²) in [6.45, 7) is 3.10. The molecule has 4 nitrogen and oxygen atoms in total. The van der Waals surface area contributed by atoms with Crippen LogP contribution in [-0.4, -0.2) is 18.7 Å². The molecule has 124 valence electrons. The molecular weight excluding hydrogens is 322 g/mol. The largest absolute Gasteiger partial charge is 0.493 e. The molecule has 0 aliphatic rings. The van der Waals surface area contributed by atoms with Gasteiger partial charge >= 0.3 is 0 Å². The van der Waals surface area contributed by atoms with Gasteiger partial charge in [-0.2, -0.15) is 0 Å². The summed E-state index contributed by atoms with van der Waals surface area (Å²) >= 11 is 1.48. The molecule has 3 aromatic rings. The van der Waals surface area contributed by atoms with Crippen molar-refractivity contribution in [1.29, 1.82) is 0 Å². The van der Waals surface area contributed by atoms with Crippen LogP contribution < -0.4 is 14.2 Å². The van der Waals surface area contributed by atoms with Crippen LogP contribution in [0, 0.1) is 0 Å². The van der Waals surface area contributed by atoms with E-state index in [9.17, 15) is 0 Å². The van der Waals surface area contributed by atoms with Gasteiger partial charge in [0.05, 0.1) is 18.6 Å². The van der Waals surface area contributed by atoms with E-state index in [-0.39, 0.29) is 0 Å². The predicted molar refractivity (Wildman–Crippen MR) is 96.0 cm³/mol. The summed E-state index contributed by atoms with van der Waals surface area (Å²) in [5.74, 6) is 1.61. The zero-order valence-electron chi connectivity index (χ0n) is 13.7. The normalized spacial score (nSPS) is 10.4. The van der Waals surface area contributed by atoms with Gasteiger partial charge in [-0.05, 0) is 30.7 Å². The Balaban J connectivity index is 1.84. The van der Waals surface area contributed by atoms with Gasteiger partial charge in [-0.1, -0.05) is 41.7 Å². The van der Waals surface area contributed by atoms with E-state index in [0.29, 0.717) is 18.4 Å². The highest BCUT2D eigenvalue weighted by molar-refractivity contribution is 7.16. The monoisotopic (exact) mass is 341 g/mol. The van der Waals surface area contributed by atoms with E-state index in [1.165, 1.54) is 11.3 Å². The average Bonchev–Trinajstić information content (AvgIpc) is 3.11. The van der Waals surface area contributed by atoms with Crippen LogP contribution in [0.4, 0.5) is 0 Å². The average molecular weight is 341 g/mol. The first-order valence-electron chi connectivity index (χ1n) is 7.74. The highest BCUT2D eigenvalue weighted by Gasteiger charge is 2.12. The summed E-state index contributed by atoms with van der Waals surface area (Å²) in [7, 11) is 1.62. The second-order valence-corrected chi connectivity index (χ2v) is 6.05. The molecule has 0 fully saturated rings. The van der Waals surface area contributed by atoms with Crippen molar-refractivity contribution in [2.75, 3.05) is 13.7 Å². The smallest absolute Gasteiger partial charge is 0.273 e. The molecule has 0 N–H and O–H groups in total. The molecule has 1 aromatic heterocycles. The molecule has 0 saturated heterocycles. The number of thiazole rings is 1. The lowest BCUT2D eigenvalue weighted by molar-refractivity contribution is 0.304. The van der Waals surface area contributed by atoms with E-state index in [2.05, 4.69) is 4.98 Å². The van der Waals surface area contributed by atoms with Gasteiger partial charge in [-0.25, -0.2) is 4.98 Å². The standard InChI is InChI=1S/C19H19NO3S/c1-3-22-17-10-9-15(23-13-14-7-5-4-6-8-14)11-16(17)18-12-20-19(21-2)24-18/h4-12H,3,13H2,1-2H3. The predicted octanol–water partition coefficient (Wildman–Crippen LogP) is 4.80. The molecule has 0 atom stereocenters. The highest BCUT2D eigenvalue weighted by atomic mass is 32.1. The molecule has 24 heavy (non-hydrogen) atoms.